The van der Waals surface area contributed by atoms with Crippen LogP contribution in [0.2, 0.25) is 54.4 Å². The Bertz CT molecular complexity index is 1460. The number of hydrogen-bond donors (Lipinski definition) is 1. The third-order valence-corrected chi connectivity index (χ3v) is 25.7. The third kappa shape index (κ3) is 9.12. The van der Waals surface area contributed by atoms with Gasteiger partial charge in [-0.1, -0.05) is 153 Å². The van der Waals surface area contributed by atoms with E-state index in [4.69, 9.17) is 22.8 Å². The smallest absolute Gasteiger partial charge is 0.192 e. The van der Waals surface area contributed by atoms with Gasteiger partial charge in [0.2, 0.25) is 0 Å². The monoisotopic (exact) mass is 764 g/mol. The summed E-state index contributed by atoms with van der Waals surface area (Å²) in [5.74, 6) is 0. The van der Waals surface area contributed by atoms with Gasteiger partial charge in [0.05, 0.1) is 6.61 Å². The Kier molecular flexibility index (Phi) is 12.9. The van der Waals surface area contributed by atoms with Crippen LogP contribution in [0.3, 0.4) is 0 Å². The van der Waals surface area contributed by atoms with Crippen molar-refractivity contribution in [2.45, 2.75) is 153 Å². The van der Waals surface area contributed by atoms with E-state index in [0.29, 0.717) is 0 Å². The van der Waals surface area contributed by atoms with Crippen LogP contribution in [0.4, 0.5) is 0 Å². The van der Waals surface area contributed by atoms with E-state index in [1.54, 1.807) is 0 Å². The summed E-state index contributed by atoms with van der Waals surface area (Å²) in [4.78, 5) is 0. The zero-order chi connectivity index (χ0) is 39.0. The number of aliphatic hydroxyl groups excluding tert-OH is 1. The molecule has 0 unspecified atom stereocenters. The van der Waals surface area contributed by atoms with Crippen molar-refractivity contribution in [1.29, 1.82) is 0 Å². The molecule has 0 aliphatic carbocycles. The molecule has 52 heavy (non-hydrogen) atoms. The van der Waals surface area contributed by atoms with Crippen LogP contribution in [0.5, 0.6) is 0 Å². The van der Waals surface area contributed by atoms with E-state index < -0.39 is 61.3 Å². The summed E-state index contributed by atoms with van der Waals surface area (Å²) >= 11 is 0. The van der Waals surface area contributed by atoms with Gasteiger partial charge >= 0.3 is 0 Å². The minimum atomic E-state index is -2.44. The summed E-state index contributed by atoms with van der Waals surface area (Å²) in [5, 5.41) is 11.8. The first-order chi connectivity index (χ1) is 23.8. The molecule has 0 radical (unpaired) electrons. The Labute approximate surface area is 319 Å². The van der Waals surface area contributed by atoms with Crippen molar-refractivity contribution >= 4 is 25.0 Å². The molecule has 4 rings (SSSR count). The first-order valence-corrected chi connectivity index (χ1v) is 27.7. The Morgan fingerprint density at radius 1 is 0.500 bits per heavy atom. The van der Waals surface area contributed by atoms with Gasteiger partial charge in [0.1, 0.15) is 30.0 Å². The van der Waals surface area contributed by atoms with E-state index in [1.165, 1.54) is 0 Å². The van der Waals surface area contributed by atoms with E-state index in [1.807, 2.05) is 18.2 Å². The molecule has 3 aromatic carbocycles. The molecule has 1 saturated heterocycles. The fourth-order valence-corrected chi connectivity index (χ4v) is 9.86. The van der Waals surface area contributed by atoms with Crippen LogP contribution in [0, 0.1) is 0 Å². The molecule has 6 nitrogen and oxygen atoms in total. The summed E-state index contributed by atoms with van der Waals surface area (Å²) in [5.41, 5.74) is 2.03. The van der Waals surface area contributed by atoms with Crippen LogP contribution in [0.15, 0.2) is 91.0 Å². The predicted molar refractivity (Wildman–Crippen MR) is 222 cm³/mol. The molecule has 0 saturated carbocycles. The Morgan fingerprint density at radius 3 is 1.13 bits per heavy atom. The van der Waals surface area contributed by atoms with Crippen LogP contribution in [0.1, 0.15) is 79.0 Å². The molecule has 0 spiro atoms. The Hall–Kier alpha value is -1.93. The summed E-state index contributed by atoms with van der Waals surface area (Å²) in [6, 6.07) is 31.1. The van der Waals surface area contributed by atoms with Gasteiger partial charge < -0.3 is 27.9 Å². The molecule has 1 fully saturated rings. The summed E-state index contributed by atoms with van der Waals surface area (Å²) in [7, 11) is -7.27. The van der Waals surface area contributed by atoms with Crippen LogP contribution in [-0.4, -0.2) is 67.4 Å². The van der Waals surface area contributed by atoms with Gasteiger partial charge in [-0.3, -0.25) is 0 Å². The molecule has 1 heterocycles. The lowest BCUT2D eigenvalue weighted by molar-refractivity contribution is -0.282. The van der Waals surface area contributed by atoms with Crippen molar-refractivity contribution in [1.82, 2.24) is 0 Å². The highest BCUT2D eigenvalue weighted by atomic mass is 28.4. The topological polar surface area (TPSA) is 66.4 Å². The van der Waals surface area contributed by atoms with Gasteiger partial charge in [-0.05, 0) is 71.1 Å². The second-order valence-corrected chi connectivity index (χ2v) is 33.5. The molecule has 0 aromatic heterocycles. The molecule has 9 heteroatoms. The fourth-order valence-electron chi connectivity index (χ4n) is 5.96. The lowest BCUT2D eigenvalue weighted by atomic mass is 9.80. The van der Waals surface area contributed by atoms with Gasteiger partial charge in [0.15, 0.2) is 31.2 Å². The number of hydrogen-bond acceptors (Lipinski definition) is 6. The maximum Gasteiger partial charge on any atom is 0.192 e. The van der Waals surface area contributed by atoms with E-state index in [0.717, 1.165) is 16.7 Å². The van der Waals surface area contributed by atoms with Crippen molar-refractivity contribution in [2.75, 3.05) is 6.61 Å². The molecule has 3 aromatic rings. The second kappa shape index (κ2) is 15.7. The van der Waals surface area contributed by atoms with Gasteiger partial charge in [0.25, 0.3) is 0 Å². The zero-order valence-corrected chi connectivity index (χ0v) is 37.7. The minimum Gasteiger partial charge on any atom is -0.408 e. The molecular formula is C43H68O6Si3. The van der Waals surface area contributed by atoms with E-state index >= 15 is 0 Å². The lowest BCUT2D eigenvalue weighted by Crippen LogP contribution is -2.68. The highest BCUT2D eigenvalue weighted by Crippen LogP contribution is 2.47. The van der Waals surface area contributed by atoms with E-state index in [2.05, 4.69) is 174 Å². The third-order valence-electron chi connectivity index (χ3n) is 12.3. The number of rotatable bonds is 12. The molecule has 0 amide bonds. The predicted octanol–water partition coefficient (Wildman–Crippen LogP) is 10.9. The van der Waals surface area contributed by atoms with Crippen molar-refractivity contribution in [3.8, 4) is 0 Å². The summed E-state index contributed by atoms with van der Waals surface area (Å²) < 4.78 is 36.1. The van der Waals surface area contributed by atoms with Crippen LogP contribution in [-0.2, 0) is 28.4 Å². The van der Waals surface area contributed by atoms with E-state index in [9.17, 15) is 5.11 Å². The molecule has 5 atom stereocenters. The lowest BCUT2D eigenvalue weighted by Gasteiger charge is -2.54. The van der Waals surface area contributed by atoms with Crippen molar-refractivity contribution in [3.63, 3.8) is 0 Å². The first-order valence-electron chi connectivity index (χ1n) is 19.0. The highest BCUT2D eigenvalue weighted by molar-refractivity contribution is 6.75. The molecule has 1 aliphatic rings. The van der Waals surface area contributed by atoms with Gasteiger partial charge in [-0.15, -0.1) is 0 Å². The van der Waals surface area contributed by atoms with Gasteiger partial charge in [0, 0.05) is 0 Å². The van der Waals surface area contributed by atoms with Crippen LogP contribution in [0.25, 0.3) is 0 Å². The Balaban J connectivity index is 1.91. The first kappa shape index (κ1) is 42.8. The molecule has 1 aliphatic heterocycles. The SMILES string of the molecule is CC(C)(C)[Si](C)(C)O[C@@H]1[C@@H](O[Si](C)(C)C(C)(C)C)[C@@H](O)O[C@H](COC(c2ccccc2)(c2ccccc2)c2ccccc2)[C@H]1O[Si](C)(C)C(C)(C)C. The number of benzene rings is 3. The average molecular weight is 765 g/mol. The average Bonchev–Trinajstić information content (AvgIpc) is 3.04. The quantitative estimate of drug-likeness (QED) is 0.146. The molecular weight excluding hydrogens is 697 g/mol. The molecule has 1 N–H and O–H groups in total. The van der Waals surface area contributed by atoms with Crippen LogP contribution < -0.4 is 0 Å². The van der Waals surface area contributed by atoms with Crippen molar-refractivity contribution in [3.05, 3.63) is 108 Å². The van der Waals surface area contributed by atoms with Gasteiger partial charge in [-0.2, -0.15) is 0 Å². The van der Waals surface area contributed by atoms with E-state index in [-0.39, 0.29) is 21.7 Å². The summed E-state index contributed by atoms with van der Waals surface area (Å²) in [6.45, 7) is 33.8. The zero-order valence-electron chi connectivity index (χ0n) is 34.7. The highest BCUT2D eigenvalue weighted by Gasteiger charge is 2.56. The maximum atomic E-state index is 12.1. The molecule has 288 valence electrons. The van der Waals surface area contributed by atoms with Gasteiger partial charge in [-0.25, -0.2) is 0 Å². The standard InChI is InChI=1S/C43H68O6Si3/c1-40(2,3)50(10,11)47-36-35(46-39(44)38(49-52(14,15)42(7,8)9)37(36)48-51(12,13)41(4,5)6)31-45-43(32-25-19-16-20-26-32,33-27-21-17-22-28-33)34-29-23-18-24-30-34/h16-30,35-39,44H,31H2,1-15H3/t35-,36-,37+,38-,39+/m1/s1. The fraction of sp³-hybridized carbons (Fsp3) is 0.581. The normalized spacial score (nSPS) is 22.7. The maximum absolute atomic E-state index is 12.1. The summed E-state index contributed by atoms with van der Waals surface area (Å²) in [6.07, 6.45) is -3.78. The number of ether oxygens (including phenoxy) is 2. The van der Waals surface area contributed by atoms with Crippen LogP contribution >= 0.6 is 0 Å². The second-order valence-electron chi connectivity index (χ2n) is 19.2. The largest absolute Gasteiger partial charge is 0.408 e. The molecule has 0 bridgehead atoms. The minimum absolute atomic E-state index is 0.0889. The Morgan fingerprint density at radius 2 is 0.808 bits per heavy atom. The van der Waals surface area contributed by atoms with Crippen molar-refractivity contribution < 1.29 is 27.9 Å². The van der Waals surface area contributed by atoms with Crippen molar-refractivity contribution in [2.24, 2.45) is 0 Å². The number of aliphatic hydroxyl groups is 1.